The molecule has 25 heavy (non-hydrogen) atoms. The van der Waals surface area contributed by atoms with Crippen LogP contribution < -0.4 is 5.32 Å². The van der Waals surface area contributed by atoms with Gasteiger partial charge in [-0.25, -0.2) is 0 Å². The van der Waals surface area contributed by atoms with Crippen molar-refractivity contribution in [2.75, 3.05) is 5.32 Å². The van der Waals surface area contributed by atoms with Gasteiger partial charge >= 0.3 is 0 Å². The minimum absolute atomic E-state index is 0.134. The minimum atomic E-state index is -0.134. The lowest BCUT2D eigenvalue weighted by molar-refractivity contribution is 0.102. The van der Waals surface area contributed by atoms with E-state index in [4.69, 9.17) is 0 Å². The molecule has 120 valence electrons. The van der Waals surface area contributed by atoms with Crippen molar-refractivity contribution in [1.82, 2.24) is 10.2 Å². The Morgan fingerprint density at radius 3 is 2.80 bits per heavy atom. The molecule has 0 radical (unpaired) electrons. The van der Waals surface area contributed by atoms with Crippen molar-refractivity contribution >= 4 is 22.5 Å². The molecule has 1 aliphatic rings. The summed E-state index contributed by atoms with van der Waals surface area (Å²) in [6.07, 6.45) is 2.63. The Morgan fingerprint density at radius 1 is 0.960 bits per heavy atom. The van der Waals surface area contributed by atoms with Gasteiger partial charge in [-0.05, 0) is 46.9 Å². The third-order valence-electron chi connectivity index (χ3n) is 4.77. The molecule has 0 fully saturated rings. The monoisotopic (exact) mass is 325 g/mol. The van der Waals surface area contributed by atoms with E-state index in [0.717, 1.165) is 23.0 Å². The van der Waals surface area contributed by atoms with E-state index in [1.165, 1.54) is 22.3 Å². The van der Waals surface area contributed by atoms with E-state index in [-0.39, 0.29) is 5.91 Å². The van der Waals surface area contributed by atoms with Gasteiger partial charge in [0.2, 0.25) is 0 Å². The third kappa shape index (κ3) is 2.22. The number of anilines is 1. The van der Waals surface area contributed by atoms with Gasteiger partial charge in [-0.3, -0.25) is 9.89 Å². The molecule has 0 saturated carbocycles. The Balaban J connectivity index is 1.47. The number of nitrogens with zero attached hydrogens (tertiary/aromatic N) is 1. The fourth-order valence-corrected chi connectivity index (χ4v) is 3.58. The van der Waals surface area contributed by atoms with Crippen molar-refractivity contribution in [2.24, 2.45) is 0 Å². The number of benzene rings is 3. The van der Waals surface area contributed by atoms with Crippen molar-refractivity contribution in [3.8, 4) is 11.1 Å². The lowest BCUT2D eigenvalue weighted by Crippen LogP contribution is -2.12. The highest BCUT2D eigenvalue weighted by molar-refractivity contribution is 6.11. The van der Waals surface area contributed by atoms with E-state index in [1.807, 2.05) is 18.2 Å². The van der Waals surface area contributed by atoms with E-state index in [2.05, 4.69) is 51.9 Å². The molecular formula is C21H15N3O. The summed E-state index contributed by atoms with van der Waals surface area (Å²) in [6.45, 7) is 0. The molecule has 5 rings (SSSR count). The fraction of sp³-hybridized carbons (Fsp3) is 0.0476. The first-order valence-electron chi connectivity index (χ1n) is 8.24. The van der Waals surface area contributed by atoms with Gasteiger partial charge in [0, 0.05) is 11.1 Å². The molecule has 4 heteroatoms. The zero-order valence-corrected chi connectivity index (χ0v) is 13.4. The molecular weight excluding hydrogens is 310 g/mol. The highest BCUT2D eigenvalue weighted by Crippen LogP contribution is 2.37. The van der Waals surface area contributed by atoms with E-state index >= 15 is 0 Å². The predicted octanol–water partition coefficient (Wildman–Crippen LogP) is 4.39. The molecule has 0 spiro atoms. The summed E-state index contributed by atoms with van der Waals surface area (Å²) in [6, 6.07) is 20.2. The number of aromatic amines is 1. The first kappa shape index (κ1) is 14.0. The summed E-state index contributed by atoms with van der Waals surface area (Å²) in [5.74, 6) is -0.134. The highest BCUT2D eigenvalue weighted by atomic mass is 16.1. The van der Waals surface area contributed by atoms with E-state index in [0.29, 0.717) is 5.56 Å². The zero-order valence-electron chi connectivity index (χ0n) is 13.4. The zero-order chi connectivity index (χ0) is 16.8. The van der Waals surface area contributed by atoms with Gasteiger partial charge in [-0.15, -0.1) is 0 Å². The van der Waals surface area contributed by atoms with Crippen LogP contribution in [-0.4, -0.2) is 16.1 Å². The largest absolute Gasteiger partial charge is 0.322 e. The van der Waals surface area contributed by atoms with Crippen molar-refractivity contribution in [2.45, 2.75) is 6.42 Å². The fourth-order valence-electron chi connectivity index (χ4n) is 3.58. The quantitative estimate of drug-likeness (QED) is 0.506. The average molecular weight is 325 g/mol. The van der Waals surface area contributed by atoms with Gasteiger partial charge in [-0.2, -0.15) is 5.10 Å². The topological polar surface area (TPSA) is 57.8 Å². The van der Waals surface area contributed by atoms with Crippen molar-refractivity contribution in [1.29, 1.82) is 0 Å². The van der Waals surface area contributed by atoms with Crippen LogP contribution in [0.3, 0.4) is 0 Å². The Labute approximate surface area is 144 Å². The van der Waals surface area contributed by atoms with Gasteiger partial charge in [0.25, 0.3) is 5.91 Å². The lowest BCUT2D eigenvalue weighted by atomic mass is 10.1. The standard InChI is InChI=1S/C21H15N3O/c25-21(19-7-3-5-14-12-22-24-20(14)19)23-16-8-9-18-15(11-16)10-13-4-1-2-6-17(13)18/h1-9,11-12H,10H2,(H,22,24)(H,23,25). The van der Waals surface area contributed by atoms with Crippen molar-refractivity contribution in [3.05, 3.63) is 83.6 Å². The number of fused-ring (bicyclic) bond motifs is 4. The van der Waals surface area contributed by atoms with E-state index in [1.54, 1.807) is 12.3 Å². The van der Waals surface area contributed by atoms with Crippen LogP contribution in [0.2, 0.25) is 0 Å². The molecule has 0 saturated heterocycles. The molecule has 1 heterocycles. The van der Waals surface area contributed by atoms with Crippen molar-refractivity contribution < 1.29 is 4.79 Å². The maximum absolute atomic E-state index is 12.7. The highest BCUT2D eigenvalue weighted by Gasteiger charge is 2.19. The number of H-pyrrole nitrogens is 1. The van der Waals surface area contributed by atoms with Gasteiger partial charge in [0.1, 0.15) is 0 Å². The van der Waals surface area contributed by atoms with Gasteiger partial charge in [0.05, 0.1) is 17.3 Å². The SMILES string of the molecule is O=C(Nc1ccc2c(c1)Cc1ccccc1-2)c1cccc2cn[nH]c12. The van der Waals surface area contributed by atoms with Gasteiger partial charge < -0.3 is 5.32 Å². The summed E-state index contributed by atoms with van der Waals surface area (Å²) in [5, 5.41) is 10.9. The second-order valence-corrected chi connectivity index (χ2v) is 6.30. The summed E-state index contributed by atoms with van der Waals surface area (Å²) in [5.41, 5.74) is 7.30. The maximum Gasteiger partial charge on any atom is 0.257 e. The summed E-state index contributed by atoms with van der Waals surface area (Å²) in [4.78, 5) is 12.7. The van der Waals surface area contributed by atoms with Crippen LogP contribution in [0.5, 0.6) is 0 Å². The first-order chi connectivity index (χ1) is 12.3. The molecule has 0 aliphatic heterocycles. The van der Waals surface area contributed by atoms with Crippen LogP contribution in [0.15, 0.2) is 66.9 Å². The number of nitrogens with one attached hydrogen (secondary N) is 2. The number of para-hydroxylation sites is 1. The lowest BCUT2D eigenvalue weighted by Gasteiger charge is -2.08. The molecule has 4 nitrogen and oxygen atoms in total. The summed E-state index contributed by atoms with van der Waals surface area (Å²) >= 11 is 0. The smallest absolute Gasteiger partial charge is 0.257 e. The van der Waals surface area contributed by atoms with Crippen LogP contribution in [0, 0.1) is 0 Å². The second kappa shape index (κ2) is 5.31. The molecule has 4 aromatic rings. The summed E-state index contributed by atoms with van der Waals surface area (Å²) < 4.78 is 0. The Kier molecular flexibility index (Phi) is 2.97. The van der Waals surface area contributed by atoms with Gasteiger partial charge in [-0.1, -0.05) is 42.5 Å². The van der Waals surface area contributed by atoms with Crippen LogP contribution in [0.4, 0.5) is 5.69 Å². The van der Waals surface area contributed by atoms with E-state index < -0.39 is 0 Å². The van der Waals surface area contributed by atoms with Crippen LogP contribution in [-0.2, 0) is 6.42 Å². The second-order valence-electron chi connectivity index (χ2n) is 6.30. The number of hydrogen-bond donors (Lipinski definition) is 2. The normalized spacial score (nSPS) is 12.0. The number of amides is 1. The number of hydrogen-bond acceptors (Lipinski definition) is 2. The van der Waals surface area contributed by atoms with Crippen molar-refractivity contribution in [3.63, 3.8) is 0 Å². The number of rotatable bonds is 2. The maximum atomic E-state index is 12.7. The predicted molar refractivity (Wildman–Crippen MR) is 98.7 cm³/mol. The molecule has 3 aromatic carbocycles. The Bertz CT molecular complexity index is 1130. The van der Waals surface area contributed by atoms with Crippen LogP contribution >= 0.6 is 0 Å². The molecule has 1 aliphatic carbocycles. The molecule has 0 atom stereocenters. The Morgan fingerprint density at radius 2 is 1.84 bits per heavy atom. The molecule has 2 N–H and O–H groups in total. The molecule has 0 unspecified atom stereocenters. The number of carbonyl (C=O) groups excluding carboxylic acids is 1. The van der Waals surface area contributed by atoms with E-state index in [9.17, 15) is 4.79 Å². The molecule has 1 aromatic heterocycles. The number of aromatic nitrogens is 2. The minimum Gasteiger partial charge on any atom is -0.322 e. The van der Waals surface area contributed by atoms with Crippen LogP contribution in [0.25, 0.3) is 22.0 Å². The van der Waals surface area contributed by atoms with Gasteiger partial charge in [0.15, 0.2) is 0 Å². The third-order valence-corrected chi connectivity index (χ3v) is 4.77. The average Bonchev–Trinajstić information content (AvgIpc) is 3.25. The summed E-state index contributed by atoms with van der Waals surface area (Å²) in [7, 11) is 0. The molecule has 0 bridgehead atoms. The first-order valence-corrected chi connectivity index (χ1v) is 8.24. The molecule has 1 amide bonds. The van der Waals surface area contributed by atoms with Crippen LogP contribution in [0.1, 0.15) is 21.5 Å². The number of carbonyl (C=O) groups is 1. The Hall–Kier alpha value is -3.40.